The van der Waals surface area contributed by atoms with E-state index in [0.717, 1.165) is 17.9 Å². The summed E-state index contributed by atoms with van der Waals surface area (Å²) < 4.78 is 5.76. The highest BCUT2D eigenvalue weighted by Crippen LogP contribution is 2.22. The van der Waals surface area contributed by atoms with Crippen LogP contribution in [0.15, 0.2) is 12.1 Å². The summed E-state index contributed by atoms with van der Waals surface area (Å²) in [6.07, 6.45) is 0.166. The summed E-state index contributed by atoms with van der Waals surface area (Å²) in [7, 11) is 1.90. The van der Waals surface area contributed by atoms with Gasteiger partial charge in [-0.3, -0.25) is 4.79 Å². The molecule has 0 aliphatic heterocycles. The Hall–Kier alpha value is -1.55. The van der Waals surface area contributed by atoms with Crippen molar-refractivity contribution in [1.29, 1.82) is 0 Å². The molecule has 19 heavy (non-hydrogen) atoms. The van der Waals surface area contributed by atoms with Crippen molar-refractivity contribution >= 4 is 5.97 Å². The summed E-state index contributed by atoms with van der Waals surface area (Å²) in [5.41, 5.74) is 3.62. The molecule has 0 radical (unpaired) electrons. The number of aliphatic carboxylic acids is 1. The van der Waals surface area contributed by atoms with Gasteiger partial charge in [-0.15, -0.1) is 0 Å². The largest absolute Gasteiger partial charge is 0.492 e. The summed E-state index contributed by atoms with van der Waals surface area (Å²) in [4.78, 5) is 12.4. The molecule has 0 aliphatic carbocycles. The van der Waals surface area contributed by atoms with Gasteiger partial charge < -0.3 is 14.7 Å². The molecular formula is C15H23NO3. The highest BCUT2D eigenvalue weighted by molar-refractivity contribution is 5.66. The number of hydrogen-bond acceptors (Lipinski definition) is 3. The molecule has 0 spiro atoms. The van der Waals surface area contributed by atoms with Crippen LogP contribution in [0.25, 0.3) is 0 Å². The molecule has 106 valence electrons. The molecule has 0 amide bonds. The Morgan fingerprint density at radius 2 is 1.79 bits per heavy atom. The molecule has 1 rings (SSSR count). The summed E-state index contributed by atoms with van der Waals surface area (Å²) in [5.74, 6) is 0.146. The van der Waals surface area contributed by atoms with Gasteiger partial charge in [0.15, 0.2) is 0 Å². The van der Waals surface area contributed by atoms with Crippen LogP contribution < -0.4 is 4.74 Å². The van der Waals surface area contributed by atoms with Crippen LogP contribution in [-0.2, 0) is 4.79 Å². The second-order valence-electron chi connectivity index (χ2n) is 5.00. The first-order valence-corrected chi connectivity index (χ1v) is 6.51. The molecule has 1 aromatic carbocycles. The number of benzene rings is 1. The van der Waals surface area contributed by atoms with E-state index in [0.29, 0.717) is 13.2 Å². The molecule has 0 saturated heterocycles. The zero-order valence-electron chi connectivity index (χ0n) is 12.2. The topological polar surface area (TPSA) is 49.8 Å². The maximum absolute atomic E-state index is 10.5. The van der Waals surface area contributed by atoms with Gasteiger partial charge in [-0.25, -0.2) is 0 Å². The van der Waals surface area contributed by atoms with Gasteiger partial charge in [0, 0.05) is 13.1 Å². The van der Waals surface area contributed by atoms with Crippen molar-refractivity contribution < 1.29 is 14.6 Å². The van der Waals surface area contributed by atoms with Crippen molar-refractivity contribution in [2.45, 2.75) is 27.2 Å². The van der Waals surface area contributed by atoms with Crippen molar-refractivity contribution in [2.75, 3.05) is 26.7 Å². The first-order chi connectivity index (χ1) is 8.90. The quantitative estimate of drug-likeness (QED) is 0.822. The Morgan fingerprint density at radius 3 is 2.42 bits per heavy atom. The molecule has 0 heterocycles. The fourth-order valence-electron chi connectivity index (χ4n) is 1.80. The van der Waals surface area contributed by atoms with Crippen LogP contribution >= 0.6 is 0 Å². The molecule has 4 nitrogen and oxygen atoms in total. The van der Waals surface area contributed by atoms with Gasteiger partial charge >= 0.3 is 5.97 Å². The molecule has 0 aromatic heterocycles. The molecule has 0 unspecified atom stereocenters. The number of carbonyl (C=O) groups is 1. The predicted molar refractivity (Wildman–Crippen MR) is 75.9 cm³/mol. The van der Waals surface area contributed by atoms with Crippen LogP contribution in [-0.4, -0.2) is 42.7 Å². The smallest absolute Gasteiger partial charge is 0.304 e. The van der Waals surface area contributed by atoms with E-state index in [9.17, 15) is 4.79 Å². The fraction of sp³-hybridized carbons (Fsp3) is 0.533. The molecule has 0 aliphatic rings. The molecule has 0 bridgehead atoms. The lowest BCUT2D eigenvalue weighted by Crippen LogP contribution is -2.26. The average Bonchev–Trinajstić information content (AvgIpc) is 2.33. The van der Waals surface area contributed by atoms with Gasteiger partial charge in [0.25, 0.3) is 0 Å². The van der Waals surface area contributed by atoms with Gasteiger partial charge in [-0.05, 0) is 50.6 Å². The monoisotopic (exact) mass is 265 g/mol. The SMILES string of the molecule is Cc1cc(C)c(OCCN(C)CCC(=O)O)cc1C. The van der Waals surface area contributed by atoms with Crippen molar-refractivity contribution in [3.05, 3.63) is 28.8 Å². The van der Waals surface area contributed by atoms with Gasteiger partial charge in [0.2, 0.25) is 0 Å². The molecule has 0 fully saturated rings. The van der Waals surface area contributed by atoms with E-state index in [2.05, 4.69) is 26.0 Å². The van der Waals surface area contributed by atoms with E-state index in [-0.39, 0.29) is 6.42 Å². The third-order valence-electron chi connectivity index (χ3n) is 3.23. The number of hydrogen-bond donors (Lipinski definition) is 1. The van der Waals surface area contributed by atoms with Crippen LogP contribution in [0.3, 0.4) is 0 Å². The minimum Gasteiger partial charge on any atom is -0.492 e. The lowest BCUT2D eigenvalue weighted by molar-refractivity contribution is -0.137. The Labute approximate surface area is 115 Å². The number of carboxylic acids is 1. The maximum atomic E-state index is 10.5. The van der Waals surface area contributed by atoms with Crippen LogP contribution in [0.4, 0.5) is 0 Å². The summed E-state index contributed by atoms with van der Waals surface area (Å²) in [5, 5.41) is 8.60. The van der Waals surface area contributed by atoms with Crippen LogP contribution in [0.5, 0.6) is 5.75 Å². The number of nitrogens with zero attached hydrogens (tertiary/aromatic N) is 1. The van der Waals surface area contributed by atoms with E-state index in [1.54, 1.807) is 0 Å². The molecule has 1 aromatic rings. The Kier molecular flexibility index (Phi) is 5.83. The normalized spacial score (nSPS) is 10.8. The first kappa shape index (κ1) is 15.5. The van der Waals surface area contributed by atoms with Crippen molar-refractivity contribution in [3.63, 3.8) is 0 Å². The molecule has 0 saturated carbocycles. The van der Waals surface area contributed by atoms with Crippen molar-refractivity contribution in [3.8, 4) is 5.75 Å². The van der Waals surface area contributed by atoms with Gasteiger partial charge in [-0.1, -0.05) is 6.07 Å². The average molecular weight is 265 g/mol. The zero-order chi connectivity index (χ0) is 14.4. The maximum Gasteiger partial charge on any atom is 0.304 e. The first-order valence-electron chi connectivity index (χ1n) is 6.51. The molecule has 0 atom stereocenters. The highest BCUT2D eigenvalue weighted by atomic mass is 16.5. The zero-order valence-corrected chi connectivity index (χ0v) is 12.2. The number of ether oxygens (including phenoxy) is 1. The lowest BCUT2D eigenvalue weighted by atomic mass is 10.1. The van der Waals surface area contributed by atoms with Crippen LogP contribution in [0, 0.1) is 20.8 Å². The third kappa shape index (κ3) is 5.30. The van der Waals surface area contributed by atoms with E-state index >= 15 is 0 Å². The lowest BCUT2D eigenvalue weighted by Gasteiger charge is -2.17. The van der Waals surface area contributed by atoms with Crippen LogP contribution in [0.1, 0.15) is 23.1 Å². The highest BCUT2D eigenvalue weighted by Gasteiger charge is 2.05. The van der Waals surface area contributed by atoms with Crippen molar-refractivity contribution in [2.24, 2.45) is 0 Å². The second-order valence-corrected chi connectivity index (χ2v) is 5.00. The number of carboxylic acid groups (broad SMARTS) is 1. The Morgan fingerprint density at radius 1 is 1.16 bits per heavy atom. The fourth-order valence-corrected chi connectivity index (χ4v) is 1.80. The number of likely N-dealkylation sites (N-methyl/N-ethyl adjacent to an activating group) is 1. The van der Waals surface area contributed by atoms with E-state index in [4.69, 9.17) is 9.84 Å². The Bertz CT molecular complexity index is 443. The summed E-state index contributed by atoms with van der Waals surface area (Å²) >= 11 is 0. The summed E-state index contributed by atoms with van der Waals surface area (Å²) in [6.45, 7) is 8.03. The second kappa shape index (κ2) is 7.14. The predicted octanol–water partition coefficient (Wildman–Crippen LogP) is 2.40. The molecular weight excluding hydrogens is 242 g/mol. The molecule has 4 heteroatoms. The van der Waals surface area contributed by atoms with Gasteiger partial charge in [0.1, 0.15) is 12.4 Å². The van der Waals surface area contributed by atoms with E-state index in [1.807, 2.05) is 18.9 Å². The Balaban J connectivity index is 2.41. The third-order valence-corrected chi connectivity index (χ3v) is 3.23. The minimum atomic E-state index is -0.766. The standard InChI is InChI=1S/C15H23NO3/c1-11-9-13(3)14(10-12(11)2)19-8-7-16(4)6-5-15(17)18/h9-10H,5-8H2,1-4H3,(H,17,18). The van der Waals surface area contributed by atoms with Crippen LogP contribution in [0.2, 0.25) is 0 Å². The molecule has 1 N–H and O–H groups in total. The number of rotatable bonds is 7. The number of aryl methyl sites for hydroxylation is 3. The van der Waals surface area contributed by atoms with Gasteiger partial charge in [-0.2, -0.15) is 0 Å². The van der Waals surface area contributed by atoms with E-state index in [1.165, 1.54) is 11.1 Å². The van der Waals surface area contributed by atoms with Gasteiger partial charge in [0.05, 0.1) is 6.42 Å². The minimum absolute atomic E-state index is 0.166. The van der Waals surface area contributed by atoms with E-state index < -0.39 is 5.97 Å². The summed E-state index contributed by atoms with van der Waals surface area (Å²) in [6, 6.07) is 4.18. The van der Waals surface area contributed by atoms with Crippen molar-refractivity contribution in [1.82, 2.24) is 4.90 Å².